The maximum Gasteiger partial charge on any atom is 0.239 e. The lowest BCUT2D eigenvalue weighted by molar-refractivity contribution is -0.132. The van der Waals surface area contributed by atoms with Gasteiger partial charge in [-0.15, -0.1) is 0 Å². The largest absolute Gasteiger partial charge is 0.341 e. The summed E-state index contributed by atoms with van der Waals surface area (Å²) in [5, 5.41) is 0. The Morgan fingerprint density at radius 3 is 2.12 bits per heavy atom. The first-order valence-electron chi connectivity index (χ1n) is 6.64. The number of rotatable bonds is 2. The monoisotopic (exact) mass is 224 g/mol. The Hall–Kier alpha value is -0.570. The molecule has 2 fully saturated rings. The molecule has 1 aliphatic heterocycles. The van der Waals surface area contributed by atoms with Gasteiger partial charge < -0.3 is 10.6 Å². The molecule has 0 radical (unpaired) electrons. The van der Waals surface area contributed by atoms with E-state index in [9.17, 15) is 4.79 Å². The van der Waals surface area contributed by atoms with Gasteiger partial charge in [0.15, 0.2) is 0 Å². The Morgan fingerprint density at radius 1 is 1.19 bits per heavy atom. The quantitative estimate of drug-likeness (QED) is 0.774. The summed E-state index contributed by atoms with van der Waals surface area (Å²) in [6, 6.07) is -0.305. The highest BCUT2D eigenvalue weighted by atomic mass is 16.2. The van der Waals surface area contributed by atoms with Crippen LogP contribution in [0.4, 0.5) is 0 Å². The van der Waals surface area contributed by atoms with Crippen molar-refractivity contribution in [2.45, 2.75) is 45.6 Å². The summed E-state index contributed by atoms with van der Waals surface area (Å²) in [6.45, 7) is 5.96. The van der Waals surface area contributed by atoms with Gasteiger partial charge in [0.2, 0.25) is 5.91 Å². The summed E-state index contributed by atoms with van der Waals surface area (Å²) < 4.78 is 0. The van der Waals surface area contributed by atoms with E-state index in [0.717, 1.165) is 24.9 Å². The highest BCUT2D eigenvalue weighted by Crippen LogP contribution is 2.36. The normalized spacial score (nSPS) is 31.6. The van der Waals surface area contributed by atoms with Crippen LogP contribution in [0, 0.1) is 17.8 Å². The average molecular weight is 224 g/mol. The molecule has 1 saturated carbocycles. The van der Waals surface area contributed by atoms with Gasteiger partial charge in [-0.3, -0.25) is 4.79 Å². The van der Waals surface area contributed by atoms with E-state index in [1.165, 1.54) is 25.7 Å². The molecule has 1 amide bonds. The zero-order chi connectivity index (χ0) is 11.7. The van der Waals surface area contributed by atoms with E-state index < -0.39 is 0 Å². The number of carbonyl (C=O) groups is 1. The van der Waals surface area contributed by atoms with Gasteiger partial charge in [0.05, 0.1) is 6.04 Å². The number of nitrogens with zero attached hydrogens (tertiary/aromatic N) is 1. The van der Waals surface area contributed by atoms with E-state index in [4.69, 9.17) is 5.73 Å². The molecule has 2 N–H and O–H groups in total. The van der Waals surface area contributed by atoms with Crippen LogP contribution in [0.2, 0.25) is 0 Å². The Kier molecular flexibility index (Phi) is 3.53. The van der Waals surface area contributed by atoms with Crippen LogP contribution >= 0.6 is 0 Å². The summed E-state index contributed by atoms with van der Waals surface area (Å²) in [7, 11) is 0. The third-order valence-corrected chi connectivity index (χ3v) is 4.29. The molecule has 3 nitrogen and oxygen atoms in total. The number of hydrogen-bond donors (Lipinski definition) is 1. The highest BCUT2D eigenvalue weighted by Gasteiger charge is 2.37. The van der Waals surface area contributed by atoms with E-state index in [0.29, 0.717) is 0 Å². The number of amides is 1. The zero-order valence-electron chi connectivity index (χ0n) is 10.5. The van der Waals surface area contributed by atoms with Crippen molar-refractivity contribution in [2.75, 3.05) is 13.1 Å². The summed E-state index contributed by atoms with van der Waals surface area (Å²) in [4.78, 5) is 14.2. The number of carbonyl (C=O) groups excluding carboxylic acids is 1. The van der Waals surface area contributed by atoms with Crippen molar-refractivity contribution < 1.29 is 4.79 Å². The molecule has 3 atom stereocenters. The van der Waals surface area contributed by atoms with Gasteiger partial charge in [-0.1, -0.05) is 26.7 Å². The predicted octanol–water partition coefficient (Wildman–Crippen LogP) is 1.62. The molecule has 1 heterocycles. The Morgan fingerprint density at radius 2 is 1.69 bits per heavy atom. The number of fused-ring (bicyclic) bond motifs is 1. The molecule has 2 unspecified atom stereocenters. The molecular formula is C13H24N2O. The molecule has 3 heteroatoms. The molecule has 2 rings (SSSR count). The van der Waals surface area contributed by atoms with Gasteiger partial charge in [-0.05, 0) is 30.6 Å². The maximum atomic E-state index is 12.1. The van der Waals surface area contributed by atoms with Crippen LogP contribution < -0.4 is 5.73 Å². The zero-order valence-corrected chi connectivity index (χ0v) is 10.5. The van der Waals surface area contributed by atoms with Crippen molar-refractivity contribution in [2.24, 2.45) is 23.5 Å². The SMILES string of the molecule is CC(C)[C@H](N)C(=O)N1CC2CCCCC2C1. The van der Waals surface area contributed by atoms with Crippen molar-refractivity contribution >= 4 is 5.91 Å². The van der Waals surface area contributed by atoms with Gasteiger partial charge in [0.1, 0.15) is 0 Å². The second-order valence-corrected chi connectivity index (χ2v) is 5.82. The van der Waals surface area contributed by atoms with Crippen LogP contribution in [0.15, 0.2) is 0 Å². The predicted molar refractivity (Wildman–Crippen MR) is 64.8 cm³/mol. The average Bonchev–Trinajstić information content (AvgIpc) is 2.70. The number of likely N-dealkylation sites (tertiary alicyclic amines) is 1. The van der Waals surface area contributed by atoms with Crippen LogP contribution in [-0.2, 0) is 4.79 Å². The minimum atomic E-state index is -0.305. The van der Waals surface area contributed by atoms with Gasteiger partial charge in [0.25, 0.3) is 0 Å². The van der Waals surface area contributed by atoms with Crippen molar-refractivity contribution in [3.05, 3.63) is 0 Å². The van der Waals surface area contributed by atoms with Crippen molar-refractivity contribution in [1.29, 1.82) is 0 Å². The molecule has 0 aromatic rings. The molecule has 0 bridgehead atoms. The Bertz CT molecular complexity index is 251. The molecule has 0 aromatic carbocycles. The van der Waals surface area contributed by atoms with E-state index in [-0.39, 0.29) is 17.9 Å². The molecular weight excluding hydrogens is 200 g/mol. The molecule has 92 valence electrons. The maximum absolute atomic E-state index is 12.1. The van der Waals surface area contributed by atoms with E-state index in [2.05, 4.69) is 0 Å². The highest BCUT2D eigenvalue weighted by molar-refractivity contribution is 5.82. The van der Waals surface area contributed by atoms with E-state index >= 15 is 0 Å². The molecule has 0 spiro atoms. The first-order valence-corrected chi connectivity index (χ1v) is 6.64. The molecule has 16 heavy (non-hydrogen) atoms. The van der Waals surface area contributed by atoms with Crippen molar-refractivity contribution in [3.63, 3.8) is 0 Å². The van der Waals surface area contributed by atoms with Crippen molar-refractivity contribution in [3.8, 4) is 0 Å². The van der Waals surface area contributed by atoms with Gasteiger partial charge in [-0.25, -0.2) is 0 Å². The van der Waals surface area contributed by atoms with Crippen LogP contribution in [0.3, 0.4) is 0 Å². The smallest absolute Gasteiger partial charge is 0.239 e. The lowest BCUT2D eigenvalue weighted by Gasteiger charge is -2.23. The third-order valence-electron chi connectivity index (χ3n) is 4.29. The Labute approximate surface area is 98.4 Å². The first kappa shape index (κ1) is 11.9. The van der Waals surface area contributed by atoms with Crippen LogP contribution in [0.1, 0.15) is 39.5 Å². The minimum absolute atomic E-state index is 0.171. The molecule has 0 aromatic heterocycles. The van der Waals surface area contributed by atoms with Crippen LogP contribution in [0.25, 0.3) is 0 Å². The lowest BCUT2D eigenvalue weighted by atomic mass is 9.82. The fraction of sp³-hybridized carbons (Fsp3) is 0.923. The molecule has 2 aliphatic rings. The van der Waals surface area contributed by atoms with Crippen LogP contribution in [0.5, 0.6) is 0 Å². The number of nitrogens with two attached hydrogens (primary N) is 1. The minimum Gasteiger partial charge on any atom is -0.341 e. The molecule has 1 aliphatic carbocycles. The fourth-order valence-electron chi connectivity index (χ4n) is 3.08. The topological polar surface area (TPSA) is 46.3 Å². The summed E-state index contributed by atoms with van der Waals surface area (Å²) in [5.41, 5.74) is 5.94. The standard InChI is InChI=1S/C13H24N2O/c1-9(2)12(14)13(16)15-7-10-5-3-4-6-11(10)8-15/h9-12H,3-8,14H2,1-2H3/t10?,11?,12-/m0/s1. The van der Waals surface area contributed by atoms with Crippen molar-refractivity contribution in [1.82, 2.24) is 4.90 Å². The summed E-state index contributed by atoms with van der Waals surface area (Å²) in [5.74, 6) is 1.94. The first-order chi connectivity index (χ1) is 7.59. The second-order valence-electron chi connectivity index (χ2n) is 5.82. The number of hydrogen-bond acceptors (Lipinski definition) is 2. The van der Waals surface area contributed by atoms with Gasteiger partial charge in [-0.2, -0.15) is 0 Å². The van der Waals surface area contributed by atoms with E-state index in [1.807, 2.05) is 18.7 Å². The lowest BCUT2D eigenvalue weighted by Crippen LogP contribution is -2.45. The van der Waals surface area contributed by atoms with Gasteiger partial charge >= 0.3 is 0 Å². The third kappa shape index (κ3) is 2.24. The molecule has 1 saturated heterocycles. The summed E-state index contributed by atoms with van der Waals surface area (Å²) in [6.07, 6.45) is 5.32. The van der Waals surface area contributed by atoms with Gasteiger partial charge in [0, 0.05) is 13.1 Å². The Balaban J connectivity index is 1.94. The summed E-state index contributed by atoms with van der Waals surface area (Å²) >= 11 is 0. The van der Waals surface area contributed by atoms with Crippen LogP contribution in [-0.4, -0.2) is 29.9 Å². The van der Waals surface area contributed by atoms with E-state index in [1.54, 1.807) is 0 Å². The fourth-order valence-corrected chi connectivity index (χ4v) is 3.08. The second kappa shape index (κ2) is 4.74.